The first kappa shape index (κ1) is 20.5. The van der Waals surface area contributed by atoms with E-state index in [1.807, 2.05) is 0 Å². The van der Waals surface area contributed by atoms with Gasteiger partial charge in [-0.1, -0.05) is 0 Å². The van der Waals surface area contributed by atoms with Crippen molar-refractivity contribution in [1.29, 1.82) is 0 Å². The molecule has 152 valence electrons. The average molecular weight is 370 g/mol. The second-order valence-corrected chi connectivity index (χ2v) is 9.30. The molecule has 0 aromatic carbocycles. The van der Waals surface area contributed by atoms with Gasteiger partial charge in [0.2, 0.25) is 0 Å². The summed E-state index contributed by atoms with van der Waals surface area (Å²) in [6, 6.07) is 1.46. The number of hydrogen-bond donors (Lipinski definition) is 1. The van der Waals surface area contributed by atoms with Gasteiger partial charge in [0.05, 0.1) is 31.0 Å². The molecular weight excluding hydrogens is 330 g/mol. The highest BCUT2D eigenvalue weighted by Crippen LogP contribution is 2.28. The van der Waals surface area contributed by atoms with E-state index in [0.717, 1.165) is 58.9 Å². The molecule has 0 amide bonds. The van der Waals surface area contributed by atoms with Crippen LogP contribution in [0.5, 0.6) is 0 Å². The van der Waals surface area contributed by atoms with Crippen molar-refractivity contribution in [2.45, 2.75) is 77.0 Å². The second-order valence-electron chi connectivity index (χ2n) is 9.30. The molecule has 0 aromatic rings. The van der Waals surface area contributed by atoms with Gasteiger partial charge in [-0.05, 0) is 41.0 Å². The molecule has 0 bridgehead atoms. The maximum absolute atomic E-state index is 9.68. The topological polar surface area (TPSA) is 48.4 Å². The fraction of sp³-hybridized carbons (Fsp3) is 1.00. The summed E-state index contributed by atoms with van der Waals surface area (Å²) in [4.78, 5) is 7.24. The summed E-state index contributed by atoms with van der Waals surface area (Å²) in [5, 5.41) is 9.68. The average Bonchev–Trinajstić information content (AvgIpc) is 2.94. The van der Waals surface area contributed by atoms with Crippen molar-refractivity contribution in [3.05, 3.63) is 0 Å². The Morgan fingerprint density at radius 2 is 1.62 bits per heavy atom. The quantitative estimate of drug-likeness (QED) is 0.655. The van der Waals surface area contributed by atoms with Crippen LogP contribution in [0, 0.1) is 0 Å². The van der Waals surface area contributed by atoms with Gasteiger partial charge in [0.1, 0.15) is 0 Å². The summed E-state index contributed by atoms with van der Waals surface area (Å²) in [7, 11) is 0. The number of rotatable bonds is 9. The molecule has 3 heterocycles. The molecule has 6 nitrogen and oxygen atoms in total. The normalized spacial score (nSPS) is 30.3. The van der Waals surface area contributed by atoms with Gasteiger partial charge in [-0.25, -0.2) is 0 Å². The summed E-state index contributed by atoms with van der Waals surface area (Å²) in [5.74, 6) is 0. The monoisotopic (exact) mass is 369 g/mol. The predicted octanol–water partition coefficient (Wildman–Crippen LogP) is 1.03. The summed E-state index contributed by atoms with van der Waals surface area (Å²) >= 11 is 0. The van der Waals surface area contributed by atoms with E-state index in [9.17, 15) is 5.11 Å². The van der Waals surface area contributed by atoms with E-state index in [1.54, 1.807) is 0 Å². The highest BCUT2D eigenvalue weighted by atomic mass is 16.5. The summed E-state index contributed by atoms with van der Waals surface area (Å²) in [5.41, 5.74) is -0.0359. The van der Waals surface area contributed by atoms with Gasteiger partial charge < -0.3 is 14.6 Å². The van der Waals surface area contributed by atoms with Crippen molar-refractivity contribution in [2.24, 2.45) is 0 Å². The fourth-order valence-electron chi connectivity index (χ4n) is 4.19. The third-order valence-electron chi connectivity index (χ3n) is 6.37. The molecular formula is C20H39N3O3. The van der Waals surface area contributed by atoms with Crippen LogP contribution in [0.2, 0.25) is 0 Å². The third kappa shape index (κ3) is 4.97. The molecule has 3 rings (SSSR count). The van der Waals surface area contributed by atoms with E-state index >= 15 is 0 Å². The van der Waals surface area contributed by atoms with Crippen molar-refractivity contribution < 1.29 is 14.6 Å². The highest BCUT2D eigenvalue weighted by molar-refractivity contribution is 4.96. The zero-order valence-electron chi connectivity index (χ0n) is 17.4. The third-order valence-corrected chi connectivity index (χ3v) is 6.37. The maximum atomic E-state index is 9.68. The minimum Gasteiger partial charge on any atom is -0.392 e. The van der Waals surface area contributed by atoms with E-state index in [-0.39, 0.29) is 11.7 Å². The van der Waals surface area contributed by atoms with E-state index < -0.39 is 0 Å². The van der Waals surface area contributed by atoms with Crippen LogP contribution in [0.4, 0.5) is 0 Å². The van der Waals surface area contributed by atoms with Gasteiger partial charge >= 0.3 is 0 Å². The number of nitrogens with zero attached hydrogens (tertiary/aromatic N) is 3. The Balaban J connectivity index is 1.29. The molecule has 1 N–H and O–H groups in total. The number of hydrogen-bond acceptors (Lipinski definition) is 6. The first-order valence-electron chi connectivity index (χ1n) is 10.4. The largest absolute Gasteiger partial charge is 0.392 e. The van der Waals surface area contributed by atoms with Crippen LogP contribution < -0.4 is 0 Å². The lowest BCUT2D eigenvalue weighted by Crippen LogP contribution is -2.65. The van der Waals surface area contributed by atoms with Gasteiger partial charge in [-0.2, -0.15) is 0 Å². The van der Waals surface area contributed by atoms with E-state index in [1.165, 1.54) is 0 Å². The van der Waals surface area contributed by atoms with Crippen LogP contribution in [-0.2, 0) is 9.47 Å². The summed E-state index contributed by atoms with van der Waals surface area (Å²) in [6.45, 7) is 18.6. The molecule has 3 aliphatic rings. The van der Waals surface area contributed by atoms with Crippen LogP contribution in [0.1, 0.15) is 41.0 Å². The van der Waals surface area contributed by atoms with Gasteiger partial charge in [-0.3, -0.25) is 14.7 Å². The predicted molar refractivity (Wildman–Crippen MR) is 103 cm³/mol. The Hall–Kier alpha value is -0.240. The minimum absolute atomic E-state index is 0.0359. The van der Waals surface area contributed by atoms with Gasteiger partial charge in [0, 0.05) is 57.4 Å². The first-order valence-corrected chi connectivity index (χ1v) is 10.4. The van der Waals surface area contributed by atoms with Crippen LogP contribution in [0.3, 0.4) is 0 Å². The Bertz CT molecular complexity index is 450. The highest BCUT2D eigenvalue weighted by Gasteiger charge is 2.42. The maximum Gasteiger partial charge on any atom is 0.0907 e. The van der Waals surface area contributed by atoms with E-state index in [0.29, 0.717) is 24.2 Å². The summed E-state index contributed by atoms with van der Waals surface area (Å²) < 4.78 is 12.3. The van der Waals surface area contributed by atoms with Gasteiger partial charge in [0.15, 0.2) is 0 Å². The van der Waals surface area contributed by atoms with E-state index in [2.05, 4.69) is 49.3 Å². The van der Waals surface area contributed by atoms with Crippen molar-refractivity contribution in [3.63, 3.8) is 0 Å². The molecule has 3 saturated heterocycles. The number of β-amino-alcohol motifs (C(OH)–C–C–N with tert-alkyl or cyclic N) is 1. The van der Waals surface area contributed by atoms with Crippen molar-refractivity contribution >= 4 is 0 Å². The van der Waals surface area contributed by atoms with Crippen LogP contribution in [0.25, 0.3) is 0 Å². The molecule has 3 aliphatic heterocycles. The second kappa shape index (κ2) is 8.41. The first-order chi connectivity index (χ1) is 12.3. The van der Waals surface area contributed by atoms with Gasteiger partial charge in [-0.15, -0.1) is 0 Å². The lowest BCUT2D eigenvalue weighted by molar-refractivity contribution is -0.163. The number of likely N-dealkylation sites (tertiary alicyclic amines) is 3. The minimum atomic E-state index is -0.156. The van der Waals surface area contributed by atoms with E-state index in [4.69, 9.17) is 9.47 Å². The molecule has 0 radical (unpaired) electrons. The Kier molecular flexibility index (Phi) is 6.63. The standard InChI is InChI=1S/C20H39N3O3/c1-15(2)22-9-19(10-22)25-11-16(3)23-13-20(5,14-23)26-12-17(4)21-7-6-18(24)8-21/h15-19,24H,6-14H2,1-5H3. The molecule has 0 saturated carbocycles. The van der Waals surface area contributed by atoms with Crippen LogP contribution in [0.15, 0.2) is 0 Å². The molecule has 3 unspecified atom stereocenters. The lowest BCUT2D eigenvalue weighted by Gasteiger charge is -2.51. The summed E-state index contributed by atoms with van der Waals surface area (Å²) in [6.07, 6.45) is 1.15. The fourth-order valence-corrected chi connectivity index (χ4v) is 4.19. The van der Waals surface area contributed by atoms with Crippen LogP contribution in [-0.4, -0.2) is 108 Å². The van der Waals surface area contributed by atoms with Crippen molar-refractivity contribution in [2.75, 3.05) is 52.5 Å². The van der Waals surface area contributed by atoms with Gasteiger partial charge in [0.25, 0.3) is 0 Å². The molecule has 6 heteroatoms. The van der Waals surface area contributed by atoms with Crippen molar-refractivity contribution in [3.8, 4) is 0 Å². The molecule has 0 aliphatic carbocycles. The molecule has 0 aromatic heterocycles. The van der Waals surface area contributed by atoms with Crippen LogP contribution >= 0.6 is 0 Å². The molecule has 3 fully saturated rings. The zero-order valence-corrected chi connectivity index (χ0v) is 17.4. The molecule has 3 atom stereocenters. The Morgan fingerprint density at radius 1 is 0.962 bits per heavy atom. The molecule has 26 heavy (non-hydrogen) atoms. The lowest BCUT2D eigenvalue weighted by atomic mass is 9.94. The Labute approximate surface area is 159 Å². The smallest absolute Gasteiger partial charge is 0.0907 e. The zero-order chi connectivity index (χ0) is 18.9. The number of aliphatic hydroxyl groups excluding tert-OH is 1. The Morgan fingerprint density at radius 3 is 2.19 bits per heavy atom. The number of ether oxygens (including phenoxy) is 2. The molecule has 0 spiro atoms. The number of aliphatic hydroxyl groups is 1. The van der Waals surface area contributed by atoms with Crippen molar-refractivity contribution in [1.82, 2.24) is 14.7 Å². The SMILES string of the molecule is CC(C)N1CC(OCC(C)N2CC(C)(OCC(C)N3CCC(O)C3)C2)C1.